The van der Waals surface area contributed by atoms with E-state index in [9.17, 15) is 0 Å². The molecule has 3 aromatic rings. The third-order valence-electron chi connectivity index (χ3n) is 6.05. The SMILES string of the molecule is CC1=CC(COC(c2ccccc2)(c2ccccc2)c2ccccc2)OC1C(C)=CN(C)C. The van der Waals surface area contributed by atoms with Crippen molar-refractivity contribution in [1.29, 1.82) is 0 Å². The molecule has 0 saturated heterocycles. The zero-order valence-electron chi connectivity index (χ0n) is 19.9. The normalized spacial score (nSPS) is 18.8. The summed E-state index contributed by atoms with van der Waals surface area (Å²) in [5, 5.41) is 0. The summed E-state index contributed by atoms with van der Waals surface area (Å²) in [5.41, 5.74) is 4.98. The lowest BCUT2D eigenvalue weighted by molar-refractivity contribution is -0.0489. The van der Waals surface area contributed by atoms with Crippen LogP contribution in [0.5, 0.6) is 0 Å². The molecule has 0 radical (unpaired) electrons. The third-order valence-corrected chi connectivity index (χ3v) is 6.05. The van der Waals surface area contributed by atoms with Gasteiger partial charge in [-0.3, -0.25) is 0 Å². The summed E-state index contributed by atoms with van der Waals surface area (Å²) in [6, 6.07) is 31.4. The molecule has 1 aliphatic rings. The van der Waals surface area contributed by atoms with Crippen LogP contribution in [0.3, 0.4) is 0 Å². The smallest absolute Gasteiger partial charge is 0.143 e. The van der Waals surface area contributed by atoms with Gasteiger partial charge in [0.25, 0.3) is 0 Å². The van der Waals surface area contributed by atoms with E-state index in [4.69, 9.17) is 9.47 Å². The first-order valence-corrected chi connectivity index (χ1v) is 11.5. The Kier molecular flexibility index (Phi) is 7.12. The standard InChI is InChI=1S/C30H33NO2/c1-23-20-28(33-29(23)24(2)21-31(3)4)22-32-30(25-14-8-5-9-15-25,26-16-10-6-11-17-26)27-18-12-7-13-19-27/h5-21,28-29H,22H2,1-4H3. The topological polar surface area (TPSA) is 21.7 Å². The van der Waals surface area contributed by atoms with Gasteiger partial charge in [-0.1, -0.05) is 97.1 Å². The van der Waals surface area contributed by atoms with Gasteiger partial charge in [0.05, 0.1) is 6.61 Å². The second kappa shape index (κ2) is 10.2. The van der Waals surface area contributed by atoms with Gasteiger partial charge in [0, 0.05) is 20.3 Å². The highest BCUT2D eigenvalue weighted by Gasteiger charge is 2.39. The predicted molar refractivity (Wildman–Crippen MR) is 135 cm³/mol. The van der Waals surface area contributed by atoms with Crippen LogP contribution < -0.4 is 0 Å². The van der Waals surface area contributed by atoms with E-state index in [2.05, 4.69) is 104 Å². The molecule has 1 heterocycles. The van der Waals surface area contributed by atoms with Crippen LogP contribution in [0, 0.1) is 0 Å². The molecule has 3 aromatic carbocycles. The molecule has 33 heavy (non-hydrogen) atoms. The van der Waals surface area contributed by atoms with Crippen molar-refractivity contribution in [2.75, 3.05) is 20.7 Å². The lowest BCUT2D eigenvalue weighted by atomic mass is 9.80. The van der Waals surface area contributed by atoms with Crippen LogP contribution in [-0.2, 0) is 15.1 Å². The number of benzene rings is 3. The minimum absolute atomic E-state index is 0.0134. The summed E-state index contributed by atoms with van der Waals surface area (Å²) in [4.78, 5) is 2.06. The average Bonchev–Trinajstić information content (AvgIpc) is 3.22. The summed E-state index contributed by atoms with van der Waals surface area (Å²) in [6.07, 6.45) is 4.19. The average molecular weight is 440 g/mol. The van der Waals surface area contributed by atoms with Crippen molar-refractivity contribution in [2.45, 2.75) is 31.7 Å². The van der Waals surface area contributed by atoms with Crippen LogP contribution in [0.1, 0.15) is 30.5 Å². The van der Waals surface area contributed by atoms with Gasteiger partial charge in [0.1, 0.15) is 17.8 Å². The van der Waals surface area contributed by atoms with E-state index in [0.29, 0.717) is 6.61 Å². The summed E-state index contributed by atoms with van der Waals surface area (Å²) in [6.45, 7) is 4.70. The molecule has 2 atom stereocenters. The van der Waals surface area contributed by atoms with Crippen molar-refractivity contribution in [2.24, 2.45) is 0 Å². The fourth-order valence-electron chi connectivity index (χ4n) is 4.71. The zero-order chi connectivity index (χ0) is 23.3. The Morgan fingerprint density at radius 2 is 1.30 bits per heavy atom. The quantitative estimate of drug-likeness (QED) is 0.309. The van der Waals surface area contributed by atoms with Crippen LogP contribution in [-0.4, -0.2) is 37.8 Å². The molecule has 0 N–H and O–H groups in total. The van der Waals surface area contributed by atoms with E-state index >= 15 is 0 Å². The van der Waals surface area contributed by atoms with Gasteiger partial charge in [0.15, 0.2) is 0 Å². The van der Waals surface area contributed by atoms with E-state index in [1.54, 1.807) is 0 Å². The molecule has 2 unspecified atom stereocenters. The molecule has 0 fully saturated rings. The molecule has 0 spiro atoms. The van der Waals surface area contributed by atoms with Crippen LogP contribution in [0.2, 0.25) is 0 Å². The Hall–Kier alpha value is -3.14. The van der Waals surface area contributed by atoms with E-state index in [1.807, 2.05) is 32.3 Å². The summed E-state index contributed by atoms with van der Waals surface area (Å²) >= 11 is 0. The number of hydrogen-bond acceptors (Lipinski definition) is 3. The molecule has 0 bridgehead atoms. The maximum Gasteiger partial charge on any atom is 0.143 e. The molecule has 0 aromatic heterocycles. The monoisotopic (exact) mass is 439 g/mol. The van der Waals surface area contributed by atoms with Crippen LogP contribution in [0.4, 0.5) is 0 Å². The van der Waals surface area contributed by atoms with Crippen molar-refractivity contribution in [3.8, 4) is 0 Å². The summed E-state index contributed by atoms with van der Waals surface area (Å²) < 4.78 is 13.4. The van der Waals surface area contributed by atoms with E-state index in [1.165, 1.54) is 11.1 Å². The Morgan fingerprint density at radius 3 is 1.73 bits per heavy atom. The summed E-state index contributed by atoms with van der Waals surface area (Å²) in [7, 11) is 4.07. The predicted octanol–water partition coefficient (Wildman–Crippen LogP) is 6.17. The first-order valence-electron chi connectivity index (χ1n) is 11.5. The number of nitrogens with zero attached hydrogens (tertiary/aromatic N) is 1. The van der Waals surface area contributed by atoms with Gasteiger partial charge >= 0.3 is 0 Å². The molecule has 0 saturated carbocycles. The molecule has 1 aliphatic heterocycles. The van der Waals surface area contributed by atoms with Crippen molar-refractivity contribution in [1.82, 2.24) is 4.90 Å². The number of hydrogen-bond donors (Lipinski definition) is 0. The van der Waals surface area contributed by atoms with Gasteiger partial charge in [0.2, 0.25) is 0 Å². The van der Waals surface area contributed by atoms with Crippen molar-refractivity contribution < 1.29 is 9.47 Å². The van der Waals surface area contributed by atoms with Crippen LogP contribution in [0.25, 0.3) is 0 Å². The van der Waals surface area contributed by atoms with Crippen molar-refractivity contribution in [3.63, 3.8) is 0 Å². The van der Waals surface area contributed by atoms with Crippen molar-refractivity contribution >= 4 is 0 Å². The van der Waals surface area contributed by atoms with Gasteiger partial charge in [-0.15, -0.1) is 0 Å². The molecule has 3 nitrogen and oxygen atoms in total. The second-order valence-electron chi connectivity index (χ2n) is 8.89. The maximum absolute atomic E-state index is 6.93. The van der Waals surface area contributed by atoms with E-state index < -0.39 is 5.60 Å². The highest BCUT2D eigenvalue weighted by Crippen LogP contribution is 2.41. The van der Waals surface area contributed by atoms with Gasteiger partial charge in [-0.05, 0) is 41.7 Å². The Balaban J connectivity index is 1.70. The summed E-state index contributed by atoms with van der Waals surface area (Å²) in [5.74, 6) is 0. The third kappa shape index (κ3) is 4.95. The minimum Gasteiger partial charge on any atom is -0.383 e. The van der Waals surface area contributed by atoms with Gasteiger partial charge in [-0.25, -0.2) is 0 Å². The second-order valence-corrected chi connectivity index (χ2v) is 8.89. The first-order chi connectivity index (χ1) is 16.0. The molecule has 170 valence electrons. The molecule has 0 amide bonds. The number of ether oxygens (including phenoxy) is 2. The maximum atomic E-state index is 6.93. The van der Waals surface area contributed by atoms with Crippen LogP contribution in [0.15, 0.2) is 114 Å². The largest absolute Gasteiger partial charge is 0.383 e. The molecule has 3 heteroatoms. The molecular formula is C30H33NO2. The zero-order valence-corrected chi connectivity index (χ0v) is 19.9. The fraction of sp³-hybridized carbons (Fsp3) is 0.267. The Labute approximate surface area is 198 Å². The van der Waals surface area contributed by atoms with E-state index in [-0.39, 0.29) is 12.2 Å². The fourth-order valence-corrected chi connectivity index (χ4v) is 4.71. The minimum atomic E-state index is -0.735. The lowest BCUT2D eigenvalue weighted by Gasteiger charge is -2.36. The van der Waals surface area contributed by atoms with Gasteiger partial charge < -0.3 is 14.4 Å². The highest BCUT2D eigenvalue weighted by molar-refractivity contribution is 5.47. The highest BCUT2D eigenvalue weighted by atomic mass is 16.6. The number of rotatable bonds is 8. The van der Waals surface area contributed by atoms with E-state index in [0.717, 1.165) is 16.7 Å². The first kappa shape index (κ1) is 23.0. The molecular weight excluding hydrogens is 406 g/mol. The Morgan fingerprint density at radius 1 is 0.848 bits per heavy atom. The Bertz CT molecular complexity index is 991. The van der Waals surface area contributed by atoms with Crippen LogP contribution >= 0.6 is 0 Å². The molecule has 0 aliphatic carbocycles. The van der Waals surface area contributed by atoms with Gasteiger partial charge in [-0.2, -0.15) is 0 Å². The van der Waals surface area contributed by atoms with Crippen molar-refractivity contribution in [3.05, 3.63) is 131 Å². The lowest BCUT2D eigenvalue weighted by Crippen LogP contribution is -2.35. The molecule has 4 rings (SSSR count).